The highest BCUT2D eigenvalue weighted by atomic mass is 32.2. The molecular formula is C17H19N3O3S. The molecule has 7 heteroatoms. The standard InChI is InChI=1S/C17H19N3O3S/c1-10-11(2)23-17(18-10)24-9-15(21)19-14-5-3-4-12(8-14)16(22)20-13-6-7-13/h3-5,8,13H,6-7,9H2,1-2H3,(H,19,21)(H,20,22). The molecule has 1 heterocycles. The lowest BCUT2D eigenvalue weighted by atomic mass is 10.2. The number of amides is 2. The fraction of sp³-hybridized carbons (Fsp3) is 0.353. The van der Waals surface area contributed by atoms with Crippen LogP contribution < -0.4 is 10.6 Å². The Labute approximate surface area is 144 Å². The molecule has 1 aliphatic carbocycles. The minimum Gasteiger partial charge on any atom is -0.437 e. The molecule has 1 fully saturated rings. The van der Waals surface area contributed by atoms with E-state index < -0.39 is 0 Å². The molecule has 0 aliphatic heterocycles. The van der Waals surface area contributed by atoms with Crippen LogP contribution in [0.15, 0.2) is 33.9 Å². The van der Waals surface area contributed by atoms with Gasteiger partial charge in [0.25, 0.3) is 11.1 Å². The number of nitrogens with zero attached hydrogens (tertiary/aromatic N) is 1. The zero-order valence-corrected chi connectivity index (χ0v) is 14.4. The number of aromatic nitrogens is 1. The second kappa shape index (κ2) is 7.09. The number of hydrogen-bond acceptors (Lipinski definition) is 5. The molecule has 2 aromatic rings. The predicted octanol–water partition coefficient (Wildman–Crippen LogP) is 2.91. The highest BCUT2D eigenvalue weighted by molar-refractivity contribution is 7.99. The van der Waals surface area contributed by atoms with Crippen molar-refractivity contribution < 1.29 is 14.0 Å². The van der Waals surface area contributed by atoms with E-state index in [9.17, 15) is 9.59 Å². The summed E-state index contributed by atoms with van der Waals surface area (Å²) in [5.41, 5.74) is 1.97. The summed E-state index contributed by atoms with van der Waals surface area (Å²) < 4.78 is 5.43. The van der Waals surface area contributed by atoms with Gasteiger partial charge in [0.1, 0.15) is 5.76 Å². The van der Waals surface area contributed by atoms with Crippen molar-refractivity contribution >= 4 is 29.3 Å². The van der Waals surface area contributed by atoms with E-state index in [0.717, 1.165) is 24.3 Å². The first-order valence-electron chi connectivity index (χ1n) is 7.79. The fourth-order valence-electron chi connectivity index (χ4n) is 2.06. The molecule has 2 amide bonds. The normalized spacial score (nSPS) is 13.6. The van der Waals surface area contributed by atoms with Gasteiger partial charge < -0.3 is 15.1 Å². The highest BCUT2D eigenvalue weighted by Gasteiger charge is 2.23. The van der Waals surface area contributed by atoms with Crippen molar-refractivity contribution in [2.75, 3.05) is 11.1 Å². The maximum atomic E-state index is 12.0. The second-order valence-electron chi connectivity index (χ2n) is 5.79. The molecule has 0 spiro atoms. The Bertz CT molecular complexity index is 749. The van der Waals surface area contributed by atoms with Crippen molar-refractivity contribution in [3.8, 4) is 0 Å². The zero-order valence-electron chi connectivity index (χ0n) is 13.6. The van der Waals surface area contributed by atoms with Crippen molar-refractivity contribution in [2.24, 2.45) is 0 Å². The van der Waals surface area contributed by atoms with Crippen LogP contribution >= 0.6 is 11.8 Å². The number of hydrogen-bond donors (Lipinski definition) is 2. The van der Waals surface area contributed by atoms with Gasteiger partial charge in [0, 0.05) is 17.3 Å². The number of nitrogens with one attached hydrogen (secondary N) is 2. The second-order valence-corrected chi connectivity index (χ2v) is 6.71. The van der Waals surface area contributed by atoms with Gasteiger partial charge in [0.2, 0.25) is 5.91 Å². The number of thioether (sulfide) groups is 1. The van der Waals surface area contributed by atoms with Crippen LogP contribution in [-0.2, 0) is 4.79 Å². The summed E-state index contributed by atoms with van der Waals surface area (Å²) in [4.78, 5) is 28.3. The van der Waals surface area contributed by atoms with Crippen LogP contribution in [0.5, 0.6) is 0 Å². The summed E-state index contributed by atoms with van der Waals surface area (Å²) >= 11 is 1.24. The van der Waals surface area contributed by atoms with Crippen LogP contribution in [0.25, 0.3) is 0 Å². The monoisotopic (exact) mass is 345 g/mol. The van der Waals surface area contributed by atoms with Gasteiger partial charge in [-0.05, 0) is 44.9 Å². The summed E-state index contributed by atoms with van der Waals surface area (Å²) in [7, 11) is 0. The molecule has 0 unspecified atom stereocenters. The first kappa shape index (κ1) is 16.6. The first-order valence-corrected chi connectivity index (χ1v) is 8.77. The molecule has 2 N–H and O–H groups in total. The average molecular weight is 345 g/mol. The third kappa shape index (κ3) is 4.38. The van der Waals surface area contributed by atoms with E-state index in [0.29, 0.717) is 22.5 Å². The van der Waals surface area contributed by atoms with Crippen molar-refractivity contribution in [3.63, 3.8) is 0 Å². The predicted molar refractivity (Wildman–Crippen MR) is 92.3 cm³/mol. The molecule has 126 valence electrons. The van der Waals surface area contributed by atoms with Crippen molar-refractivity contribution in [1.82, 2.24) is 10.3 Å². The minimum atomic E-state index is -0.173. The van der Waals surface area contributed by atoms with Gasteiger partial charge in [0.15, 0.2) is 0 Å². The lowest BCUT2D eigenvalue weighted by Gasteiger charge is -2.07. The third-order valence-electron chi connectivity index (χ3n) is 3.66. The zero-order chi connectivity index (χ0) is 17.1. The number of oxazole rings is 1. The number of benzene rings is 1. The Balaban J connectivity index is 1.54. The van der Waals surface area contributed by atoms with Gasteiger partial charge in [0.05, 0.1) is 11.4 Å². The van der Waals surface area contributed by atoms with E-state index in [1.54, 1.807) is 24.3 Å². The van der Waals surface area contributed by atoms with E-state index in [2.05, 4.69) is 15.6 Å². The molecule has 0 saturated heterocycles. The lowest BCUT2D eigenvalue weighted by Crippen LogP contribution is -2.25. The van der Waals surface area contributed by atoms with Gasteiger partial charge in [-0.15, -0.1) is 0 Å². The molecule has 6 nitrogen and oxygen atoms in total. The smallest absolute Gasteiger partial charge is 0.256 e. The van der Waals surface area contributed by atoms with E-state index in [-0.39, 0.29) is 17.6 Å². The Morgan fingerprint density at radius 3 is 2.79 bits per heavy atom. The first-order chi connectivity index (χ1) is 11.5. The van der Waals surface area contributed by atoms with E-state index >= 15 is 0 Å². The molecule has 24 heavy (non-hydrogen) atoms. The van der Waals surface area contributed by atoms with Crippen LogP contribution in [-0.4, -0.2) is 28.6 Å². The maximum absolute atomic E-state index is 12.0. The maximum Gasteiger partial charge on any atom is 0.256 e. The van der Waals surface area contributed by atoms with Crippen LogP contribution in [0.3, 0.4) is 0 Å². The molecule has 0 atom stereocenters. The topological polar surface area (TPSA) is 84.2 Å². The van der Waals surface area contributed by atoms with Crippen molar-refractivity contribution in [3.05, 3.63) is 41.3 Å². The van der Waals surface area contributed by atoms with E-state index in [1.165, 1.54) is 11.8 Å². The Morgan fingerprint density at radius 2 is 2.12 bits per heavy atom. The summed E-state index contributed by atoms with van der Waals surface area (Å²) in [5, 5.41) is 6.20. The van der Waals surface area contributed by atoms with Crippen LogP contribution in [0.2, 0.25) is 0 Å². The largest absolute Gasteiger partial charge is 0.437 e. The Morgan fingerprint density at radius 1 is 1.33 bits per heavy atom. The summed E-state index contributed by atoms with van der Waals surface area (Å²) in [6.45, 7) is 3.70. The molecule has 1 aliphatic rings. The highest BCUT2D eigenvalue weighted by Crippen LogP contribution is 2.21. The average Bonchev–Trinajstić information content (AvgIpc) is 3.30. The van der Waals surface area contributed by atoms with Gasteiger partial charge in [-0.25, -0.2) is 4.98 Å². The van der Waals surface area contributed by atoms with E-state index in [4.69, 9.17) is 4.42 Å². The van der Waals surface area contributed by atoms with Gasteiger partial charge in [-0.1, -0.05) is 17.8 Å². The van der Waals surface area contributed by atoms with Gasteiger partial charge in [-0.3, -0.25) is 9.59 Å². The quantitative estimate of drug-likeness (QED) is 0.787. The molecule has 1 saturated carbocycles. The number of aryl methyl sites for hydroxylation is 2. The number of rotatable bonds is 6. The third-order valence-corrected chi connectivity index (χ3v) is 4.48. The number of carbonyl (C=O) groups excluding carboxylic acids is 2. The molecule has 3 rings (SSSR count). The summed E-state index contributed by atoms with van der Waals surface area (Å²) in [5.74, 6) is 0.673. The fourth-order valence-corrected chi connectivity index (χ4v) is 2.78. The van der Waals surface area contributed by atoms with Crippen LogP contribution in [0, 0.1) is 13.8 Å². The number of anilines is 1. The van der Waals surface area contributed by atoms with Crippen LogP contribution in [0.4, 0.5) is 5.69 Å². The molecule has 0 radical (unpaired) electrons. The minimum absolute atomic E-state index is 0.103. The molecule has 0 bridgehead atoms. The summed E-state index contributed by atoms with van der Waals surface area (Å²) in [6, 6.07) is 7.24. The molecule has 1 aromatic carbocycles. The number of carbonyl (C=O) groups is 2. The summed E-state index contributed by atoms with van der Waals surface area (Å²) in [6.07, 6.45) is 2.08. The van der Waals surface area contributed by atoms with Crippen LogP contribution in [0.1, 0.15) is 34.7 Å². The Kier molecular flexibility index (Phi) is 4.89. The SMILES string of the molecule is Cc1nc(SCC(=O)Nc2cccc(C(=O)NC3CC3)c2)oc1C. The van der Waals surface area contributed by atoms with Gasteiger partial charge in [-0.2, -0.15) is 0 Å². The van der Waals surface area contributed by atoms with Crippen molar-refractivity contribution in [1.29, 1.82) is 0 Å². The molecule has 1 aromatic heterocycles. The lowest BCUT2D eigenvalue weighted by molar-refractivity contribution is -0.113. The Hall–Kier alpha value is -2.28. The molecular weight excluding hydrogens is 326 g/mol. The van der Waals surface area contributed by atoms with Gasteiger partial charge >= 0.3 is 0 Å². The van der Waals surface area contributed by atoms with Crippen molar-refractivity contribution in [2.45, 2.75) is 38.0 Å². The van der Waals surface area contributed by atoms with E-state index in [1.807, 2.05) is 13.8 Å².